The number of guanidine groups is 1. The Bertz CT molecular complexity index is 674. The number of hydrogen-bond donors (Lipinski definition) is 1. The molecule has 0 unspecified atom stereocenters. The van der Waals surface area contributed by atoms with E-state index in [-0.39, 0.29) is 0 Å². The van der Waals surface area contributed by atoms with Crippen LogP contribution in [0.4, 0.5) is 5.69 Å². The first-order valence-electron chi connectivity index (χ1n) is 7.59. The molecular formula is C16H20ClN5O. The Morgan fingerprint density at radius 3 is 2.57 bits per heavy atom. The van der Waals surface area contributed by atoms with Gasteiger partial charge in [-0.25, -0.2) is 4.99 Å². The first kappa shape index (κ1) is 15.7. The van der Waals surface area contributed by atoms with Crippen LogP contribution in [0.3, 0.4) is 0 Å². The van der Waals surface area contributed by atoms with Crippen LogP contribution in [0.1, 0.15) is 11.5 Å². The molecule has 0 aliphatic carbocycles. The van der Waals surface area contributed by atoms with Gasteiger partial charge in [0.1, 0.15) is 6.54 Å². The van der Waals surface area contributed by atoms with E-state index >= 15 is 0 Å². The van der Waals surface area contributed by atoms with Gasteiger partial charge in [0.15, 0.2) is 11.7 Å². The molecule has 1 aromatic heterocycles. The maximum atomic E-state index is 6.08. The lowest BCUT2D eigenvalue weighted by molar-refractivity contribution is 0.371. The average Bonchev–Trinajstić information content (AvgIpc) is 2.99. The Morgan fingerprint density at radius 2 is 1.96 bits per heavy atom. The van der Waals surface area contributed by atoms with Gasteiger partial charge in [-0.2, -0.15) is 0 Å². The molecule has 1 aromatic carbocycles. The lowest BCUT2D eigenvalue weighted by atomic mass is 10.2. The minimum absolute atomic E-state index is 0.421. The number of hydrogen-bond acceptors (Lipinski definition) is 4. The van der Waals surface area contributed by atoms with Crippen molar-refractivity contribution in [1.82, 2.24) is 10.1 Å². The third-order valence-electron chi connectivity index (χ3n) is 3.87. The number of piperazine rings is 1. The Labute approximate surface area is 140 Å². The molecule has 1 aliphatic heterocycles. The summed E-state index contributed by atoms with van der Waals surface area (Å²) in [4.78, 5) is 8.80. The van der Waals surface area contributed by atoms with Gasteiger partial charge in [-0.3, -0.25) is 0 Å². The van der Waals surface area contributed by atoms with Gasteiger partial charge in [-0.1, -0.05) is 16.8 Å². The van der Waals surface area contributed by atoms with Gasteiger partial charge in [0.2, 0.25) is 0 Å². The van der Waals surface area contributed by atoms with E-state index in [0.717, 1.165) is 42.7 Å². The number of rotatable bonds is 3. The number of nitrogens with zero attached hydrogens (tertiary/aromatic N) is 4. The summed E-state index contributed by atoms with van der Waals surface area (Å²) in [5.74, 6) is 1.28. The molecule has 0 spiro atoms. The molecule has 2 N–H and O–H groups in total. The zero-order valence-corrected chi connectivity index (χ0v) is 13.8. The van der Waals surface area contributed by atoms with Gasteiger partial charge < -0.3 is 20.1 Å². The predicted octanol–water partition coefficient (Wildman–Crippen LogP) is 2.27. The third kappa shape index (κ3) is 3.96. The van der Waals surface area contributed by atoms with Crippen LogP contribution in [0, 0.1) is 6.92 Å². The van der Waals surface area contributed by atoms with Crippen LogP contribution in [0.15, 0.2) is 39.8 Å². The van der Waals surface area contributed by atoms with Gasteiger partial charge >= 0.3 is 0 Å². The molecule has 0 bridgehead atoms. The summed E-state index contributed by atoms with van der Waals surface area (Å²) in [7, 11) is 0. The molecule has 3 rings (SSSR count). The fourth-order valence-electron chi connectivity index (χ4n) is 2.60. The first-order chi connectivity index (χ1) is 11.1. The SMILES string of the molecule is Cc1cc(CN=C(N)N2CCN(c3ccc(Cl)cc3)CC2)on1. The molecule has 7 heteroatoms. The molecular weight excluding hydrogens is 314 g/mol. The summed E-state index contributed by atoms with van der Waals surface area (Å²) in [5, 5.41) is 4.60. The average molecular weight is 334 g/mol. The van der Waals surface area contributed by atoms with E-state index in [1.54, 1.807) is 0 Å². The summed E-state index contributed by atoms with van der Waals surface area (Å²) in [5.41, 5.74) is 8.12. The van der Waals surface area contributed by atoms with Crippen LogP contribution in [-0.4, -0.2) is 42.2 Å². The van der Waals surface area contributed by atoms with Crippen LogP contribution in [0.5, 0.6) is 0 Å². The van der Waals surface area contributed by atoms with Crippen molar-refractivity contribution < 1.29 is 4.52 Å². The van der Waals surface area contributed by atoms with Crippen LogP contribution in [0.2, 0.25) is 5.02 Å². The standard InChI is InChI=1S/C16H20ClN5O/c1-12-10-15(23-20-12)11-19-16(18)22-8-6-21(7-9-22)14-4-2-13(17)3-5-14/h2-5,10H,6-9,11H2,1H3,(H2,18,19). The second-order valence-electron chi connectivity index (χ2n) is 5.56. The highest BCUT2D eigenvalue weighted by atomic mass is 35.5. The lowest BCUT2D eigenvalue weighted by Crippen LogP contribution is -2.51. The summed E-state index contributed by atoms with van der Waals surface area (Å²) in [6.45, 7) is 5.79. The molecule has 122 valence electrons. The Balaban J connectivity index is 1.54. The maximum Gasteiger partial charge on any atom is 0.191 e. The van der Waals surface area contributed by atoms with Crippen molar-refractivity contribution >= 4 is 23.2 Å². The van der Waals surface area contributed by atoms with E-state index in [1.807, 2.05) is 37.3 Å². The van der Waals surface area contributed by atoms with Gasteiger partial charge in [0.25, 0.3) is 0 Å². The van der Waals surface area contributed by atoms with E-state index in [2.05, 4.69) is 19.9 Å². The third-order valence-corrected chi connectivity index (χ3v) is 4.12. The molecule has 1 fully saturated rings. The largest absolute Gasteiger partial charge is 0.370 e. The summed E-state index contributed by atoms with van der Waals surface area (Å²) < 4.78 is 5.14. The van der Waals surface area contributed by atoms with E-state index in [0.29, 0.717) is 12.5 Å². The predicted molar refractivity (Wildman–Crippen MR) is 91.8 cm³/mol. The fraction of sp³-hybridized carbons (Fsp3) is 0.375. The highest BCUT2D eigenvalue weighted by Crippen LogP contribution is 2.19. The maximum absolute atomic E-state index is 6.08. The monoisotopic (exact) mass is 333 g/mol. The number of benzene rings is 1. The van der Waals surface area contributed by atoms with Crippen molar-refractivity contribution in [2.24, 2.45) is 10.7 Å². The summed E-state index contributed by atoms with van der Waals surface area (Å²) in [6, 6.07) is 9.79. The van der Waals surface area contributed by atoms with E-state index in [4.69, 9.17) is 21.9 Å². The molecule has 0 atom stereocenters. The van der Waals surface area contributed by atoms with E-state index in [9.17, 15) is 0 Å². The quantitative estimate of drug-likeness (QED) is 0.689. The van der Waals surface area contributed by atoms with Gasteiger partial charge in [-0.05, 0) is 31.2 Å². The highest BCUT2D eigenvalue weighted by Gasteiger charge is 2.18. The minimum Gasteiger partial charge on any atom is -0.370 e. The van der Waals surface area contributed by atoms with Crippen LogP contribution in [0.25, 0.3) is 0 Å². The molecule has 0 saturated carbocycles. The molecule has 2 heterocycles. The number of aryl methyl sites for hydroxylation is 1. The van der Waals surface area contributed by atoms with Gasteiger partial charge in [-0.15, -0.1) is 0 Å². The van der Waals surface area contributed by atoms with Crippen molar-refractivity contribution in [1.29, 1.82) is 0 Å². The van der Waals surface area contributed by atoms with Crippen LogP contribution in [-0.2, 0) is 6.54 Å². The zero-order chi connectivity index (χ0) is 16.2. The zero-order valence-electron chi connectivity index (χ0n) is 13.1. The van der Waals surface area contributed by atoms with E-state index in [1.165, 1.54) is 5.69 Å². The van der Waals surface area contributed by atoms with Crippen molar-refractivity contribution in [2.45, 2.75) is 13.5 Å². The minimum atomic E-state index is 0.421. The molecule has 1 saturated heterocycles. The van der Waals surface area contributed by atoms with Gasteiger partial charge in [0.05, 0.1) is 5.69 Å². The molecule has 0 amide bonds. The molecule has 23 heavy (non-hydrogen) atoms. The highest BCUT2D eigenvalue weighted by molar-refractivity contribution is 6.30. The number of anilines is 1. The number of nitrogens with two attached hydrogens (primary N) is 1. The second-order valence-corrected chi connectivity index (χ2v) is 6.00. The van der Waals surface area contributed by atoms with Crippen LogP contribution >= 0.6 is 11.6 Å². The fourth-order valence-corrected chi connectivity index (χ4v) is 2.72. The number of aromatic nitrogens is 1. The topological polar surface area (TPSA) is 70.9 Å². The molecule has 6 nitrogen and oxygen atoms in total. The molecule has 2 aromatic rings. The molecule has 0 radical (unpaired) electrons. The first-order valence-corrected chi connectivity index (χ1v) is 7.97. The Kier molecular flexibility index (Phi) is 4.71. The van der Waals surface area contributed by atoms with Crippen molar-refractivity contribution in [2.75, 3.05) is 31.1 Å². The smallest absolute Gasteiger partial charge is 0.191 e. The Hall–Kier alpha value is -2.21. The summed E-state index contributed by atoms with van der Waals surface area (Å²) >= 11 is 5.93. The van der Waals surface area contributed by atoms with Crippen molar-refractivity contribution in [3.05, 3.63) is 46.8 Å². The van der Waals surface area contributed by atoms with Crippen molar-refractivity contribution in [3.63, 3.8) is 0 Å². The summed E-state index contributed by atoms with van der Waals surface area (Å²) in [6.07, 6.45) is 0. The Morgan fingerprint density at radius 1 is 1.26 bits per heavy atom. The molecule has 1 aliphatic rings. The van der Waals surface area contributed by atoms with Crippen molar-refractivity contribution in [3.8, 4) is 0 Å². The second kappa shape index (κ2) is 6.91. The number of halogens is 1. The van der Waals surface area contributed by atoms with E-state index < -0.39 is 0 Å². The number of aliphatic imine (C=N–C) groups is 1. The van der Waals surface area contributed by atoms with Crippen LogP contribution < -0.4 is 10.6 Å². The normalized spacial score (nSPS) is 16.0. The van der Waals surface area contributed by atoms with Gasteiger partial charge in [0, 0.05) is 43.0 Å². The lowest BCUT2D eigenvalue weighted by Gasteiger charge is -2.36.